The van der Waals surface area contributed by atoms with Crippen LogP contribution >= 0.6 is 0 Å². The van der Waals surface area contributed by atoms with Crippen molar-refractivity contribution in [1.82, 2.24) is 4.90 Å². The summed E-state index contributed by atoms with van der Waals surface area (Å²) < 4.78 is 11.2. The summed E-state index contributed by atoms with van der Waals surface area (Å²) in [6.45, 7) is 0.711. The Hall–Kier alpha value is -1.26. The van der Waals surface area contributed by atoms with E-state index in [1.165, 1.54) is 0 Å². The predicted molar refractivity (Wildman–Crippen MR) is 79.4 cm³/mol. The van der Waals surface area contributed by atoms with Crippen molar-refractivity contribution in [3.8, 4) is 11.5 Å². The summed E-state index contributed by atoms with van der Waals surface area (Å²) >= 11 is 0. The molecule has 0 heterocycles. The molecule has 1 N–H and O–H groups in total. The Bertz CT molecular complexity index is 410. The van der Waals surface area contributed by atoms with Crippen LogP contribution in [0.4, 0.5) is 0 Å². The Morgan fingerprint density at radius 3 is 2.20 bits per heavy atom. The average Bonchev–Trinajstić information content (AvgIpc) is 2.87. The topological polar surface area (TPSA) is 41.9 Å². The molecule has 0 bridgehead atoms. The lowest BCUT2D eigenvalue weighted by Crippen LogP contribution is -2.49. The maximum Gasteiger partial charge on any atom is 0.140 e. The normalized spacial score (nSPS) is 19.1. The van der Waals surface area contributed by atoms with Crippen LogP contribution in [0.1, 0.15) is 25.7 Å². The van der Waals surface area contributed by atoms with Crippen LogP contribution in [0, 0.1) is 0 Å². The number of rotatable bonds is 6. The van der Waals surface area contributed by atoms with Gasteiger partial charge in [-0.25, -0.2) is 0 Å². The van der Waals surface area contributed by atoms with Crippen molar-refractivity contribution in [3.63, 3.8) is 0 Å². The number of methoxy groups -OCH3 is 1. The summed E-state index contributed by atoms with van der Waals surface area (Å²) in [5, 5.41) is 10.8. The zero-order chi connectivity index (χ0) is 14.6. The summed E-state index contributed by atoms with van der Waals surface area (Å²) in [5.41, 5.74) is -0.704. The molecule has 0 radical (unpaired) electrons. The maximum atomic E-state index is 10.8. The number of ether oxygens (including phenoxy) is 2. The smallest absolute Gasteiger partial charge is 0.140 e. The van der Waals surface area contributed by atoms with Gasteiger partial charge in [-0.15, -0.1) is 0 Å². The first-order valence-corrected chi connectivity index (χ1v) is 7.21. The molecule has 1 saturated carbocycles. The molecule has 1 aliphatic rings. The van der Waals surface area contributed by atoms with Crippen molar-refractivity contribution in [3.05, 3.63) is 24.3 Å². The van der Waals surface area contributed by atoms with Crippen LogP contribution < -0.4 is 9.47 Å². The molecule has 4 nitrogen and oxygen atoms in total. The van der Waals surface area contributed by atoms with Crippen molar-refractivity contribution in [2.75, 3.05) is 27.7 Å². The van der Waals surface area contributed by atoms with Gasteiger partial charge in [0, 0.05) is 6.54 Å². The zero-order valence-electron chi connectivity index (χ0n) is 12.6. The van der Waals surface area contributed by atoms with E-state index in [1.807, 2.05) is 38.4 Å². The molecule has 4 heteroatoms. The van der Waals surface area contributed by atoms with Crippen LogP contribution in [0.2, 0.25) is 0 Å². The molecule has 2 rings (SSSR count). The largest absolute Gasteiger partial charge is 0.497 e. The van der Waals surface area contributed by atoms with E-state index in [-0.39, 0.29) is 6.10 Å². The van der Waals surface area contributed by atoms with Crippen LogP contribution in [0.3, 0.4) is 0 Å². The van der Waals surface area contributed by atoms with Crippen LogP contribution in [-0.4, -0.2) is 49.5 Å². The molecule has 1 unspecified atom stereocenters. The van der Waals surface area contributed by atoms with E-state index in [0.717, 1.165) is 37.2 Å². The van der Waals surface area contributed by atoms with Gasteiger partial charge in [-0.2, -0.15) is 0 Å². The van der Waals surface area contributed by atoms with Gasteiger partial charge in [0.2, 0.25) is 0 Å². The molecule has 1 atom stereocenters. The highest BCUT2D eigenvalue weighted by atomic mass is 16.5. The highest BCUT2D eigenvalue weighted by Gasteiger charge is 2.41. The number of nitrogens with zero attached hydrogens (tertiary/aromatic N) is 1. The monoisotopic (exact) mass is 279 g/mol. The van der Waals surface area contributed by atoms with Gasteiger partial charge in [-0.1, -0.05) is 12.8 Å². The molecule has 0 spiro atoms. The van der Waals surface area contributed by atoms with E-state index in [0.29, 0.717) is 6.54 Å². The third-order valence-corrected chi connectivity index (χ3v) is 3.94. The summed E-state index contributed by atoms with van der Waals surface area (Å²) in [7, 11) is 5.65. The van der Waals surface area contributed by atoms with Gasteiger partial charge in [0.15, 0.2) is 0 Å². The lowest BCUT2D eigenvalue weighted by atomic mass is 9.94. The molecule has 1 aromatic rings. The average molecular weight is 279 g/mol. The Morgan fingerprint density at radius 2 is 1.70 bits per heavy atom. The van der Waals surface area contributed by atoms with Gasteiger partial charge in [0.25, 0.3) is 0 Å². The van der Waals surface area contributed by atoms with Gasteiger partial charge in [-0.05, 0) is 51.2 Å². The first-order chi connectivity index (χ1) is 9.53. The van der Waals surface area contributed by atoms with Gasteiger partial charge in [0.05, 0.1) is 7.11 Å². The number of aliphatic hydroxyl groups is 1. The maximum absolute atomic E-state index is 10.8. The SMILES string of the molecule is COc1ccc(OC(CN(C)C)C2(O)CCCC2)cc1. The highest BCUT2D eigenvalue weighted by molar-refractivity contribution is 5.31. The Morgan fingerprint density at radius 1 is 1.15 bits per heavy atom. The van der Waals surface area contributed by atoms with E-state index in [9.17, 15) is 5.11 Å². The van der Waals surface area contributed by atoms with Crippen LogP contribution in [-0.2, 0) is 0 Å². The summed E-state index contributed by atoms with van der Waals surface area (Å²) in [4.78, 5) is 2.06. The fourth-order valence-corrected chi connectivity index (χ4v) is 2.78. The Labute approximate surface area is 121 Å². The summed E-state index contributed by atoms with van der Waals surface area (Å²) in [6, 6.07) is 7.53. The number of likely N-dealkylation sites (N-methyl/N-ethyl adjacent to an activating group) is 1. The van der Waals surface area contributed by atoms with E-state index in [4.69, 9.17) is 9.47 Å². The fraction of sp³-hybridized carbons (Fsp3) is 0.625. The lowest BCUT2D eigenvalue weighted by Gasteiger charge is -2.34. The van der Waals surface area contributed by atoms with Gasteiger partial charge in [-0.3, -0.25) is 0 Å². The predicted octanol–water partition coefficient (Wildman–Crippen LogP) is 2.31. The van der Waals surface area contributed by atoms with Gasteiger partial charge >= 0.3 is 0 Å². The van der Waals surface area contributed by atoms with E-state index in [2.05, 4.69) is 4.90 Å². The molecular weight excluding hydrogens is 254 g/mol. The number of benzene rings is 1. The van der Waals surface area contributed by atoms with Crippen molar-refractivity contribution in [1.29, 1.82) is 0 Å². The Kier molecular flexibility index (Phi) is 4.89. The minimum absolute atomic E-state index is 0.201. The molecule has 1 aromatic carbocycles. The molecule has 0 saturated heterocycles. The van der Waals surface area contributed by atoms with Crippen molar-refractivity contribution in [2.45, 2.75) is 37.4 Å². The molecule has 0 aliphatic heterocycles. The van der Waals surface area contributed by atoms with Gasteiger partial charge in [0.1, 0.15) is 23.2 Å². The molecular formula is C16H25NO3. The van der Waals surface area contributed by atoms with Crippen LogP contribution in [0.15, 0.2) is 24.3 Å². The second-order valence-corrected chi connectivity index (χ2v) is 5.85. The number of hydrogen-bond donors (Lipinski definition) is 1. The minimum Gasteiger partial charge on any atom is -0.497 e. The quantitative estimate of drug-likeness (QED) is 0.867. The number of hydrogen-bond acceptors (Lipinski definition) is 4. The second kappa shape index (κ2) is 6.46. The van der Waals surface area contributed by atoms with Crippen molar-refractivity contribution < 1.29 is 14.6 Å². The molecule has 112 valence electrons. The molecule has 20 heavy (non-hydrogen) atoms. The minimum atomic E-state index is -0.704. The molecule has 0 aromatic heterocycles. The first-order valence-electron chi connectivity index (χ1n) is 7.21. The third kappa shape index (κ3) is 3.64. The van der Waals surface area contributed by atoms with E-state index < -0.39 is 5.60 Å². The van der Waals surface area contributed by atoms with Crippen molar-refractivity contribution in [2.24, 2.45) is 0 Å². The van der Waals surface area contributed by atoms with Crippen LogP contribution in [0.5, 0.6) is 11.5 Å². The fourth-order valence-electron chi connectivity index (χ4n) is 2.78. The standard InChI is InChI=1S/C16H25NO3/c1-17(2)12-15(16(18)10-4-5-11-16)20-14-8-6-13(19-3)7-9-14/h6-9,15,18H,4-5,10-12H2,1-3H3. The molecule has 1 aliphatic carbocycles. The van der Waals surface area contributed by atoms with E-state index >= 15 is 0 Å². The molecule has 1 fully saturated rings. The van der Waals surface area contributed by atoms with Crippen LogP contribution in [0.25, 0.3) is 0 Å². The van der Waals surface area contributed by atoms with E-state index in [1.54, 1.807) is 7.11 Å². The lowest BCUT2D eigenvalue weighted by molar-refractivity contribution is -0.0646. The second-order valence-electron chi connectivity index (χ2n) is 5.85. The zero-order valence-corrected chi connectivity index (χ0v) is 12.6. The Balaban J connectivity index is 2.10. The first kappa shape index (κ1) is 15.1. The summed E-state index contributed by atoms with van der Waals surface area (Å²) in [5.74, 6) is 1.58. The highest BCUT2D eigenvalue weighted by Crippen LogP contribution is 2.35. The third-order valence-electron chi connectivity index (χ3n) is 3.94. The van der Waals surface area contributed by atoms with Crippen molar-refractivity contribution >= 4 is 0 Å². The van der Waals surface area contributed by atoms with Gasteiger partial charge < -0.3 is 19.5 Å². The summed E-state index contributed by atoms with van der Waals surface area (Å²) in [6.07, 6.45) is 3.59. The molecule has 0 amide bonds.